The molecule has 1 saturated heterocycles. The quantitative estimate of drug-likeness (QED) is 0.908. The van der Waals surface area contributed by atoms with Gasteiger partial charge in [-0.3, -0.25) is 0 Å². The highest BCUT2D eigenvalue weighted by Gasteiger charge is 2.34. The lowest BCUT2D eigenvalue weighted by Crippen LogP contribution is -2.34. The number of sulfonamides is 1. The smallest absolute Gasteiger partial charge is 0.246 e. The van der Waals surface area contributed by atoms with Gasteiger partial charge in [-0.15, -0.1) is 0 Å². The van der Waals surface area contributed by atoms with E-state index in [1.54, 1.807) is 6.07 Å². The SMILES string of the molecule is CC(C)NCc1ccc(F)c(S(=O)(=O)N2CCCC2C)c1. The Bertz CT molecular complexity index is 602. The molecule has 1 aromatic rings. The van der Waals surface area contributed by atoms with E-state index < -0.39 is 15.8 Å². The summed E-state index contributed by atoms with van der Waals surface area (Å²) in [6.45, 7) is 6.88. The lowest BCUT2D eigenvalue weighted by molar-refractivity contribution is 0.404. The summed E-state index contributed by atoms with van der Waals surface area (Å²) in [6.07, 6.45) is 1.66. The highest BCUT2D eigenvalue weighted by atomic mass is 32.2. The number of benzene rings is 1. The molecule has 21 heavy (non-hydrogen) atoms. The van der Waals surface area contributed by atoms with Crippen molar-refractivity contribution in [3.05, 3.63) is 29.6 Å². The second-order valence-corrected chi connectivity index (χ2v) is 7.77. The largest absolute Gasteiger partial charge is 0.310 e. The molecule has 118 valence electrons. The van der Waals surface area contributed by atoms with Gasteiger partial charge in [0.05, 0.1) is 0 Å². The summed E-state index contributed by atoms with van der Waals surface area (Å²) in [7, 11) is -3.75. The Morgan fingerprint density at radius 2 is 2.14 bits per heavy atom. The van der Waals surface area contributed by atoms with Crippen molar-refractivity contribution in [3.8, 4) is 0 Å². The molecule has 0 spiro atoms. The minimum atomic E-state index is -3.75. The van der Waals surface area contributed by atoms with E-state index in [0.717, 1.165) is 18.4 Å². The maximum absolute atomic E-state index is 14.0. The fourth-order valence-corrected chi connectivity index (χ4v) is 4.38. The van der Waals surface area contributed by atoms with E-state index in [9.17, 15) is 12.8 Å². The van der Waals surface area contributed by atoms with Gasteiger partial charge in [0.1, 0.15) is 10.7 Å². The molecule has 1 N–H and O–H groups in total. The topological polar surface area (TPSA) is 49.4 Å². The third-order valence-corrected chi connectivity index (χ3v) is 5.82. The van der Waals surface area contributed by atoms with Crippen molar-refractivity contribution < 1.29 is 12.8 Å². The number of nitrogens with one attached hydrogen (secondary N) is 1. The minimum absolute atomic E-state index is 0.0631. The van der Waals surface area contributed by atoms with Crippen molar-refractivity contribution in [1.82, 2.24) is 9.62 Å². The Hall–Kier alpha value is -0.980. The number of hydrogen-bond acceptors (Lipinski definition) is 3. The fourth-order valence-electron chi connectivity index (χ4n) is 2.57. The van der Waals surface area contributed by atoms with Crippen LogP contribution in [0.5, 0.6) is 0 Å². The number of halogens is 1. The van der Waals surface area contributed by atoms with Crippen molar-refractivity contribution in [2.24, 2.45) is 0 Å². The van der Waals surface area contributed by atoms with Crippen LogP contribution in [0.2, 0.25) is 0 Å². The summed E-state index contributed by atoms with van der Waals surface area (Å²) in [6, 6.07) is 4.54. The third kappa shape index (κ3) is 3.62. The lowest BCUT2D eigenvalue weighted by atomic mass is 10.2. The molecule has 1 aliphatic heterocycles. The van der Waals surface area contributed by atoms with Gasteiger partial charge < -0.3 is 5.32 Å². The summed E-state index contributed by atoms with van der Waals surface area (Å²) in [5.41, 5.74) is 0.774. The minimum Gasteiger partial charge on any atom is -0.310 e. The Labute approximate surface area is 126 Å². The highest BCUT2D eigenvalue weighted by molar-refractivity contribution is 7.89. The summed E-state index contributed by atoms with van der Waals surface area (Å²) in [5, 5.41) is 3.21. The standard InChI is InChI=1S/C15H23FN2O2S/c1-11(2)17-10-13-6-7-14(16)15(9-13)21(19,20)18-8-4-5-12(18)3/h6-7,9,11-12,17H,4-5,8,10H2,1-3H3. The van der Waals surface area contributed by atoms with Crippen LogP contribution in [0.3, 0.4) is 0 Å². The van der Waals surface area contributed by atoms with E-state index in [4.69, 9.17) is 0 Å². The van der Waals surface area contributed by atoms with Crippen LogP contribution in [0.1, 0.15) is 39.2 Å². The van der Waals surface area contributed by atoms with Gasteiger partial charge >= 0.3 is 0 Å². The molecule has 6 heteroatoms. The molecule has 1 unspecified atom stereocenters. The zero-order valence-corrected chi connectivity index (χ0v) is 13.6. The molecule has 2 rings (SSSR count). The van der Waals surface area contributed by atoms with Gasteiger partial charge in [0.15, 0.2) is 0 Å². The molecule has 1 aliphatic rings. The monoisotopic (exact) mass is 314 g/mol. The van der Waals surface area contributed by atoms with Gasteiger partial charge in [-0.25, -0.2) is 12.8 Å². The van der Waals surface area contributed by atoms with Crippen molar-refractivity contribution in [3.63, 3.8) is 0 Å². The molecule has 4 nitrogen and oxygen atoms in total. The Morgan fingerprint density at radius 1 is 1.43 bits per heavy atom. The molecule has 1 aromatic carbocycles. The van der Waals surface area contributed by atoms with Crippen LogP contribution in [-0.4, -0.2) is 31.4 Å². The first-order valence-corrected chi connectivity index (χ1v) is 8.80. The first-order chi connectivity index (χ1) is 9.82. The van der Waals surface area contributed by atoms with Crippen LogP contribution in [0.25, 0.3) is 0 Å². The first kappa shape index (κ1) is 16.4. The normalized spacial score (nSPS) is 20.3. The maximum Gasteiger partial charge on any atom is 0.246 e. The van der Waals surface area contributed by atoms with Gasteiger partial charge in [-0.1, -0.05) is 19.9 Å². The van der Waals surface area contributed by atoms with E-state index in [-0.39, 0.29) is 17.0 Å². The van der Waals surface area contributed by atoms with Crippen LogP contribution in [-0.2, 0) is 16.6 Å². The van der Waals surface area contributed by atoms with Gasteiger partial charge in [0, 0.05) is 25.2 Å². The van der Waals surface area contributed by atoms with Crippen molar-refractivity contribution >= 4 is 10.0 Å². The summed E-state index contributed by atoms with van der Waals surface area (Å²) in [4.78, 5) is -0.209. The Morgan fingerprint density at radius 3 is 2.71 bits per heavy atom. The van der Waals surface area contributed by atoms with Crippen LogP contribution >= 0.6 is 0 Å². The zero-order valence-electron chi connectivity index (χ0n) is 12.8. The first-order valence-electron chi connectivity index (χ1n) is 7.36. The zero-order chi connectivity index (χ0) is 15.6. The summed E-state index contributed by atoms with van der Waals surface area (Å²) in [5.74, 6) is -0.678. The number of nitrogens with zero attached hydrogens (tertiary/aromatic N) is 1. The molecular weight excluding hydrogens is 291 g/mol. The number of hydrogen-bond donors (Lipinski definition) is 1. The molecule has 0 aromatic heterocycles. The van der Waals surface area contributed by atoms with Crippen LogP contribution in [0.4, 0.5) is 4.39 Å². The molecule has 0 radical (unpaired) electrons. The van der Waals surface area contributed by atoms with Crippen LogP contribution < -0.4 is 5.32 Å². The maximum atomic E-state index is 14.0. The predicted molar refractivity (Wildman–Crippen MR) is 81.0 cm³/mol. The average molecular weight is 314 g/mol. The molecule has 0 bridgehead atoms. The van der Waals surface area contributed by atoms with E-state index in [1.807, 2.05) is 20.8 Å². The second-order valence-electron chi connectivity index (χ2n) is 5.91. The van der Waals surface area contributed by atoms with E-state index in [2.05, 4.69) is 5.32 Å². The number of rotatable bonds is 5. The predicted octanol–water partition coefficient (Wildman–Crippen LogP) is 2.50. The average Bonchev–Trinajstić information content (AvgIpc) is 2.84. The van der Waals surface area contributed by atoms with Crippen molar-refractivity contribution in [1.29, 1.82) is 0 Å². The van der Waals surface area contributed by atoms with Crippen molar-refractivity contribution in [2.45, 2.75) is 57.1 Å². The molecule has 1 heterocycles. The third-order valence-electron chi connectivity index (χ3n) is 3.79. The Kier molecular flexibility index (Phi) is 5.01. The van der Waals surface area contributed by atoms with E-state index >= 15 is 0 Å². The molecular formula is C15H23FN2O2S. The van der Waals surface area contributed by atoms with Gasteiger partial charge in [-0.2, -0.15) is 4.31 Å². The molecule has 0 aliphatic carbocycles. The van der Waals surface area contributed by atoms with E-state index in [0.29, 0.717) is 13.1 Å². The molecule has 0 saturated carbocycles. The molecule has 0 amide bonds. The lowest BCUT2D eigenvalue weighted by Gasteiger charge is -2.21. The summed E-state index contributed by atoms with van der Waals surface area (Å²) >= 11 is 0. The highest BCUT2D eigenvalue weighted by Crippen LogP contribution is 2.27. The Balaban J connectivity index is 2.31. The molecule has 1 fully saturated rings. The van der Waals surface area contributed by atoms with E-state index in [1.165, 1.54) is 16.4 Å². The second kappa shape index (κ2) is 6.42. The van der Waals surface area contributed by atoms with Crippen LogP contribution in [0, 0.1) is 5.82 Å². The van der Waals surface area contributed by atoms with Gasteiger partial charge in [0.2, 0.25) is 10.0 Å². The van der Waals surface area contributed by atoms with Crippen LogP contribution in [0.15, 0.2) is 23.1 Å². The van der Waals surface area contributed by atoms with Gasteiger partial charge in [-0.05, 0) is 37.5 Å². The molecule has 1 atom stereocenters. The van der Waals surface area contributed by atoms with Crippen molar-refractivity contribution in [2.75, 3.05) is 6.54 Å². The summed E-state index contributed by atoms with van der Waals surface area (Å²) < 4.78 is 40.7. The van der Waals surface area contributed by atoms with Gasteiger partial charge in [0.25, 0.3) is 0 Å². The fraction of sp³-hybridized carbons (Fsp3) is 0.600.